The Hall–Kier alpha value is -0.620. The van der Waals surface area contributed by atoms with E-state index in [4.69, 9.17) is 16.6 Å². The lowest BCUT2D eigenvalue weighted by molar-refractivity contribution is 0.284. The normalized spacial score (nSPS) is 14.9. The van der Waals surface area contributed by atoms with E-state index in [-0.39, 0.29) is 6.61 Å². The molecule has 0 spiro atoms. The van der Waals surface area contributed by atoms with Gasteiger partial charge in [0.1, 0.15) is 0 Å². The average molecular weight is 315 g/mol. The molecule has 2 aromatic heterocycles. The summed E-state index contributed by atoms with van der Waals surface area (Å²) in [5.41, 5.74) is 1.11. The highest BCUT2D eigenvalue weighted by atomic mass is 35.5. The Labute approximate surface area is 125 Å². The largest absolute Gasteiger partial charge is 0.391 e. The van der Waals surface area contributed by atoms with Crippen molar-refractivity contribution in [1.29, 1.82) is 0 Å². The number of aliphatic hydroxyl groups is 1. The molecule has 0 unspecified atom stereocenters. The highest BCUT2D eigenvalue weighted by molar-refractivity contribution is 7.16. The van der Waals surface area contributed by atoms with Crippen LogP contribution < -0.4 is 4.90 Å². The molecular formula is C13H15ClN2OS2. The number of nitrogens with zero attached hydrogens (tertiary/aromatic N) is 2. The Bertz CT molecular complexity index is 577. The lowest BCUT2D eigenvalue weighted by atomic mass is 10.2. The molecule has 6 heteroatoms. The SMILES string of the molecule is CN(Cc1ccc(Cl)s1)c1nc(C2CC2)c(CO)s1. The predicted molar refractivity (Wildman–Crippen MR) is 81.4 cm³/mol. The lowest BCUT2D eigenvalue weighted by Crippen LogP contribution is -2.15. The number of thiazole rings is 1. The van der Waals surface area contributed by atoms with Gasteiger partial charge in [-0.15, -0.1) is 11.3 Å². The summed E-state index contributed by atoms with van der Waals surface area (Å²) in [5, 5.41) is 10.4. The number of aliphatic hydroxyl groups excluding tert-OH is 1. The molecule has 1 aliphatic rings. The van der Waals surface area contributed by atoms with Crippen molar-refractivity contribution in [2.75, 3.05) is 11.9 Å². The number of aromatic nitrogens is 1. The number of hydrogen-bond donors (Lipinski definition) is 1. The first kappa shape index (κ1) is 13.4. The molecule has 0 bridgehead atoms. The van der Waals surface area contributed by atoms with Crippen molar-refractivity contribution in [2.24, 2.45) is 0 Å². The summed E-state index contributed by atoms with van der Waals surface area (Å²) in [4.78, 5) is 9.07. The molecule has 3 nitrogen and oxygen atoms in total. The minimum Gasteiger partial charge on any atom is -0.391 e. The van der Waals surface area contributed by atoms with Gasteiger partial charge in [0.2, 0.25) is 0 Å². The molecule has 102 valence electrons. The maximum atomic E-state index is 9.42. The van der Waals surface area contributed by atoms with Gasteiger partial charge in [0, 0.05) is 17.8 Å². The van der Waals surface area contributed by atoms with Gasteiger partial charge in [-0.25, -0.2) is 4.98 Å². The van der Waals surface area contributed by atoms with E-state index in [1.54, 1.807) is 22.7 Å². The molecule has 1 aliphatic carbocycles. The summed E-state index contributed by atoms with van der Waals surface area (Å²) in [5.74, 6) is 0.580. The molecule has 0 aromatic carbocycles. The number of anilines is 1. The van der Waals surface area contributed by atoms with Crippen molar-refractivity contribution < 1.29 is 5.11 Å². The number of rotatable bonds is 5. The number of halogens is 1. The Morgan fingerprint density at radius 2 is 2.21 bits per heavy atom. The first-order chi connectivity index (χ1) is 9.17. The lowest BCUT2D eigenvalue weighted by Gasteiger charge is -2.14. The van der Waals surface area contributed by atoms with Crippen LogP contribution in [0, 0.1) is 0 Å². The summed E-state index contributed by atoms with van der Waals surface area (Å²) in [7, 11) is 2.03. The zero-order chi connectivity index (χ0) is 13.4. The zero-order valence-corrected chi connectivity index (χ0v) is 13.0. The van der Waals surface area contributed by atoms with E-state index in [0.717, 1.165) is 26.6 Å². The molecule has 0 aliphatic heterocycles. The van der Waals surface area contributed by atoms with Crippen molar-refractivity contribution >= 4 is 39.4 Å². The van der Waals surface area contributed by atoms with Crippen molar-refractivity contribution in [2.45, 2.75) is 31.9 Å². The number of thiophene rings is 1. The van der Waals surface area contributed by atoms with Gasteiger partial charge in [-0.3, -0.25) is 0 Å². The molecule has 19 heavy (non-hydrogen) atoms. The second-order valence-corrected chi connectivity index (χ2v) is 7.66. The smallest absolute Gasteiger partial charge is 0.185 e. The second-order valence-electron chi connectivity index (χ2n) is 4.80. The average Bonchev–Trinajstić information content (AvgIpc) is 3.01. The van der Waals surface area contributed by atoms with E-state index in [1.807, 2.05) is 19.2 Å². The summed E-state index contributed by atoms with van der Waals surface area (Å²) < 4.78 is 0.817. The van der Waals surface area contributed by atoms with Gasteiger partial charge in [-0.1, -0.05) is 22.9 Å². The highest BCUT2D eigenvalue weighted by Gasteiger charge is 2.30. The van der Waals surface area contributed by atoms with Gasteiger partial charge in [0.25, 0.3) is 0 Å². The maximum Gasteiger partial charge on any atom is 0.185 e. The Morgan fingerprint density at radius 1 is 1.42 bits per heavy atom. The van der Waals surface area contributed by atoms with Crippen LogP contribution in [0.15, 0.2) is 12.1 Å². The van der Waals surface area contributed by atoms with Crippen LogP contribution >= 0.6 is 34.3 Å². The fourth-order valence-electron chi connectivity index (χ4n) is 2.04. The van der Waals surface area contributed by atoms with Gasteiger partial charge in [0.05, 0.1) is 28.1 Å². The molecule has 0 amide bonds. The van der Waals surface area contributed by atoms with Crippen molar-refractivity contribution in [3.05, 3.63) is 31.9 Å². The molecular weight excluding hydrogens is 300 g/mol. The van der Waals surface area contributed by atoms with Gasteiger partial charge >= 0.3 is 0 Å². The third-order valence-corrected chi connectivity index (χ3v) is 5.56. The molecule has 0 radical (unpaired) electrons. The molecule has 1 fully saturated rings. The van der Waals surface area contributed by atoms with Crippen LogP contribution in [0.2, 0.25) is 4.34 Å². The van der Waals surface area contributed by atoms with Crippen LogP contribution in [0.25, 0.3) is 0 Å². The summed E-state index contributed by atoms with van der Waals surface area (Å²) >= 11 is 9.14. The zero-order valence-electron chi connectivity index (χ0n) is 10.6. The van der Waals surface area contributed by atoms with Crippen molar-refractivity contribution in [3.63, 3.8) is 0 Å². The molecule has 1 N–H and O–H groups in total. The minimum absolute atomic E-state index is 0.0994. The summed E-state index contributed by atoms with van der Waals surface area (Å²) in [6, 6.07) is 3.97. The molecule has 3 rings (SSSR count). The van der Waals surface area contributed by atoms with Gasteiger partial charge in [0.15, 0.2) is 5.13 Å². The van der Waals surface area contributed by atoms with E-state index in [1.165, 1.54) is 17.7 Å². The monoisotopic (exact) mass is 314 g/mol. The fraction of sp³-hybridized carbons (Fsp3) is 0.462. The molecule has 1 saturated carbocycles. The molecule has 0 saturated heterocycles. The van der Waals surface area contributed by atoms with Crippen LogP contribution in [0.4, 0.5) is 5.13 Å². The summed E-state index contributed by atoms with van der Waals surface area (Å²) in [6.07, 6.45) is 2.42. The topological polar surface area (TPSA) is 36.4 Å². The van der Waals surface area contributed by atoms with Crippen LogP contribution in [0.1, 0.15) is 34.2 Å². The van der Waals surface area contributed by atoms with Crippen LogP contribution in [-0.4, -0.2) is 17.1 Å². The third kappa shape index (κ3) is 2.94. The van der Waals surface area contributed by atoms with Crippen molar-refractivity contribution in [3.8, 4) is 0 Å². The Morgan fingerprint density at radius 3 is 2.79 bits per heavy atom. The van der Waals surface area contributed by atoms with Gasteiger partial charge in [-0.2, -0.15) is 0 Å². The van der Waals surface area contributed by atoms with E-state index in [0.29, 0.717) is 5.92 Å². The standard InChI is InChI=1S/C13H15ClN2OS2/c1-16(6-9-4-5-11(14)18-9)13-15-12(8-2-3-8)10(7-17)19-13/h4-5,8,17H,2-3,6-7H2,1H3. The van der Waals surface area contributed by atoms with E-state index in [2.05, 4.69) is 4.90 Å². The van der Waals surface area contributed by atoms with Crippen molar-refractivity contribution in [1.82, 2.24) is 4.98 Å². The van der Waals surface area contributed by atoms with E-state index < -0.39 is 0 Å². The molecule has 0 atom stereocenters. The number of hydrogen-bond acceptors (Lipinski definition) is 5. The van der Waals surface area contributed by atoms with Gasteiger partial charge in [-0.05, 0) is 25.0 Å². The molecule has 2 heterocycles. The minimum atomic E-state index is 0.0994. The maximum absolute atomic E-state index is 9.42. The van der Waals surface area contributed by atoms with E-state index in [9.17, 15) is 5.11 Å². The quantitative estimate of drug-likeness (QED) is 0.910. The second kappa shape index (κ2) is 5.40. The Kier molecular flexibility index (Phi) is 3.80. The van der Waals surface area contributed by atoms with Gasteiger partial charge < -0.3 is 10.0 Å². The highest BCUT2D eigenvalue weighted by Crippen LogP contribution is 2.44. The van der Waals surface area contributed by atoms with Crippen LogP contribution in [0.3, 0.4) is 0 Å². The molecule has 2 aromatic rings. The third-order valence-electron chi connectivity index (χ3n) is 3.17. The summed E-state index contributed by atoms with van der Waals surface area (Å²) in [6.45, 7) is 0.905. The first-order valence-electron chi connectivity index (χ1n) is 6.23. The van der Waals surface area contributed by atoms with Crippen LogP contribution in [-0.2, 0) is 13.2 Å². The Balaban J connectivity index is 1.77. The van der Waals surface area contributed by atoms with E-state index >= 15 is 0 Å². The predicted octanol–water partition coefficient (Wildman–Crippen LogP) is 3.86. The van der Waals surface area contributed by atoms with Crippen LogP contribution in [0.5, 0.6) is 0 Å². The fourth-order valence-corrected chi connectivity index (χ4v) is 4.15. The first-order valence-corrected chi connectivity index (χ1v) is 8.24.